The van der Waals surface area contributed by atoms with Gasteiger partial charge in [-0.3, -0.25) is 0 Å². The number of nitrogens with zero attached hydrogens (tertiary/aromatic N) is 2. The number of aryl methyl sites for hydroxylation is 1. The number of halogens is 1. The van der Waals surface area contributed by atoms with Crippen molar-refractivity contribution < 1.29 is 0 Å². The van der Waals surface area contributed by atoms with E-state index in [1.54, 1.807) is 0 Å². The normalized spacial score (nSPS) is 10.3. The minimum absolute atomic E-state index is 0.766. The molecule has 0 bridgehead atoms. The molecule has 18 heavy (non-hydrogen) atoms. The maximum absolute atomic E-state index is 4.32. The second kappa shape index (κ2) is 6.75. The molecule has 0 atom stereocenters. The third-order valence-corrected chi connectivity index (χ3v) is 3.65. The van der Waals surface area contributed by atoms with Gasteiger partial charge in [0.25, 0.3) is 0 Å². The highest BCUT2D eigenvalue weighted by molar-refractivity contribution is 9.10. The average molecular weight is 324 g/mol. The Hall–Kier alpha value is -1.07. The van der Waals surface area contributed by atoms with Crippen LogP contribution in [0.3, 0.4) is 0 Å². The highest BCUT2D eigenvalue weighted by atomic mass is 79.9. The number of hydrogen-bond donors (Lipinski definition) is 1. The van der Waals surface area contributed by atoms with Crippen LogP contribution < -0.4 is 5.32 Å². The number of rotatable bonds is 5. The summed E-state index contributed by atoms with van der Waals surface area (Å²) in [6, 6.07) is 12.3. The van der Waals surface area contributed by atoms with Crippen LogP contribution in [0, 0.1) is 6.92 Å². The maximum atomic E-state index is 4.32. The van der Waals surface area contributed by atoms with Gasteiger partial charge in [0.15, 0.2) is 0 Å². The molecule has 94 valence electrons. The first-order valence-corrected chi connectivity index (χ1v) is 7.45. The van der Waals surface area contributed by atoms with Crippen LogP contribution in [0.2, 0.25) is 0 Å². The van der Waals surface area contributed by atoms with Gasteiger partial charge in [-0.05, 0) is 35.0 Å². The number of hydrogen-bond acceptors (Lipinski definition) is 4. The topological polar surface area (TPSA) is 37.8 Å². The Labute approximate surface area is 120 Å². The third-order valence-electron chi connectivity index (χ3n) is 2.23. The Kier molecular flexibility index (Phi) is 5.01. The molecule has 0 aliphatic rings. The Bertz CT molecular complexity index is 485. The van der Waals surface area contributed by atoms with E-state index in [1.165, 1.54) is 4.90 Å². The number of thioether (sulfide) groups is 1. The minimum Gasteiger partial charge on any atom is -0.369 e. The highest BCUT2D eigenvalue weighted by Gasteiger charge is 1.99. The Morgan fingerprint density at radius 2 is 2.00 bits per heavy atom. The van der Waals surface area contributed by atoms with Crippen molar-refractivity contribution in [3.8, 4) is 0 Å². The van der Waals surface area contributed by atoms with Crippen LogP contribution in [-0.4, -0.2) is 22.3 Å². The summed E-state index contributed by atoms with van der Waals surface area (Å²) in [5.41, 5.74) is 0. The Morgan fingerprint density at radius 3 is 2.72 bits per heavy atom. The SMILES string of the molecule is Cc1nc(Br)cc(NCCSc2ccccc2)n1. The van der Waals surface area contributed by atoms with Crippen molar-refractivity contribution in [3.05, 3.63) is 46.8 Å². The fraction of sp³-hybridized carbons (Fsp3) is 0.231. The molecule has 1 aromatic carbocycles. The second-order valence-corrected chi connectivity index (χ2v) is 5.69. The summed E-state index contributed by atoms with van der Waals surface area (Å²) in [7, 11) is 0. The summed E-state index contributed by atoms with van der Waals surface area (Å²) < 4.78 is 0.813. The molecule has 0 aliphatic carbocycles. The molecule has 0 saturated heterocycles. The number of anilines is 1. The summed E-state index contributed by atoms with van der Waals surface area (Å²) in [6.45, 7) is 2.76. The largest absolute Gasteiger partial charge is 0.369 e. The van der Waals surface area contributed by atoms with Crippen LogP contribution in [0.4, 0.5) is 5.82 Å². The van der Waals surface area contributed by atoms with Gasteiger partial charge < -0.3 is 5.32 Å². The van der Waals surface area contributed by atoms with E-state index in [2.05, 4.69) is 55.5 Å². The lowest BCUT2D eigenvalue weighted by Gasteiger charge is -2.06. The van der Waals surface area contributed by atoms with Crippen molar-refractivity contribution in [2.75, 3.05) is 17.6 Å². The van der Waals surface area contributed by atoms with E-state index in [9.17, 15) is 0 Å². The van der Waals surface area contributed by atoms with Crippen LogP contribution in [0.5, 0.6) is 0 Å². The molecule has 2 rings (SSSR count). The van der Waals surface area contributed by atoms with E-state index in [0.29, 0.717) is 0 Å². The molecule has 3 nitrogen and oxygen atoms in total. The fourth-order valence-electron chi connectivity index (χ4n) is 1.49. The van der Waals surface area contributed by atoms with E-state index in [-0.39, 0.29) is 0 Å². The standard InChI is InChI=1S/C13H14BrN3S/c1-10-16-12(14)9-13(17-10)15-7-8-18-11-5-3-2-4-6-11/h2-6,9H,7-8H2,1H3,(H,15,16,17). The van der Waals surface area contributed by atoms with Gasteiger partial charge in [-0.25, -0.2) is 9.97 Å². The van der Waals surface area contributed by atoms with E-state index in [0.717, 1.165) is 28.5 Å². The van der Waals surface area contributed by atoms with Crippen LogP contribution in [0.25, 0.3) is 0 Å². The van der Waals surface area contributed by atoms with Crippen molar-refractivity contribution in [1.29, 1.82) is 0 Å². The lowest BCUT2D eigenvalue weighted by atomic mass is 10.4. The zero-order chi connectivity index (χ0) is 12.8. The van der Waals surface area contributed by atoms with Crippen LogP contribution in [0.1, 0.15) is 5.82 Å². The summed E-state index contributed by atoms with van der Waals surface area (Å²) in [5.74, 6) is 2.63. The van der Waals surface area contributed by atoms with Gasteiger partial charge in [0, 0.05) is 23.3 Å². The molecule has 0 aliphatic heterocycles. The van der Waals surface area contributed by atoms with Crippen molar-refractivity contribution in [2.45, 2.75) is 11.8 Å². The van der Waals surface area contributed by atoms with Gasteiger partial charge in [-0.2, -0.15) is 0 Å². The van der Waals surface area contributed by atoms with Crippen LogP contribution in [0.15, 0.2) is 45.9 Å². The van der Waals surface area contributed by atoms with Crippen LogP contribution >= 0.6 is 27.7 Å². The van der Waals surface area contributed by atoms with Crippen molar-refractivity contribution >= 4 is 33.5 Å². The first kappa shape index (κ1) is 13.4. The first-order valence-electron chi connectivity index (χ1n) is 5.67. The molecule has 0 fully saturated rings. The first-order chi connectivity index (χ1) is 8.74. The molecular weight excluding hydrogens is 310 g/mol. The predicted molar refractivity (Wildman–Crippen MR) is 80.1 cm³/mol. The van der Waals surface area contributed by atoms with Crippen molar-refractivity contribution in [1.82, 2.24) is 9.97 Å². The number of aromatic nitrogens is 2. The molecule has 0 amide bonds. The minimum atomic E-state index is 0.766. The lowest BCUT2D eigenvalue weighted by Crippen LogP contribution is -2.06. The maximum Gasteiger partial charge on any atom is 0.130 e. The molecule has 1 N–H and O–H groups in total. The Morgan fingerprint density at radius 1 is 1.22 bits per heavy atom. The predicted octanol–water partition coefficient (Wildman–Crippen LogP) is 3.75. The zero-order valence-corrected chi connectivity index (χ0v) is 12.5. The Balaban J connectivity index is 1.78. The molecule has 5 heteroatoms. The van der Waals surface area contributed by atoms with Crippen LogP contribution in [-0.2, 0) is 0 Å². The van der Waals surface area contributed by atoms with Gasteiger partial charge >= 0.3 is 0 Å². The summed E-state index contributed by atoms with van der Waals surface area (Å²) in [5, 5.41) is 3.29. The molecule has 0 radical (unpaired) electrons. The molecule has 1 aromatic heterocycles. The van der Waals surface area contributed by atoms with Gasteiger partial charge in [-0.15, -0.1) is 11.8 Å². The van der Waals surface area contributed by atoms with E-state index in [4.69, 9.17) is 0 Å². The van der Waals surface area contributed by atoms with Gasteiger partial charge in [0.1, 0.15) is 16.2 Å². The fourth-order valence-corrected chi connectivity index (χ4v) is 2.75. The second-order valence-electron chi connectivity index (χ2n) is 3.71. The van der Waals surface area contributed by atoms with E-state index in [1.807, 2.05) is 30.8 Å². The summed E-state index contributed by atoms with van der Waals surface area (Å²) in [4.78, 5) is 9.78. The average Bonchev–Trinajstić information content (AvgIpc) is 2.35. The van der Waals surface area contributed by atoms with Gasteiger partial charge in [0.05, 0.1) is 0 Å². The molecule has 2 aromatic rings. The van der Waals surface area contributed by atoms with Gasteiger partial charge in [-0.1, -0.05) is 18.2 Å². The lowest BCUT2D eigenvalue weighted by molar-refractivity contribution is 1.02. The highest BCUT2D eigenvalue weighted by Crippen LogP contribution is 2.17. The van der Waals surface area contributed by atoms with Crippen molar-refractivity contribution in [2.24, 2.45) is 0 Å². The van der Waals surface area contributed by atoms with E-state index < -0.39 is 0 Å². The number of benzene rings is 1. The molecular formula is C13H14BrN3S. The van der Waals surface area contributed by atoms with E-state index >= 15 is 0 Å². The third kappa shape index (κ3) is 4.31. The monoisotopic (exact) mass is 323 g/mol. The molecule has 0 saturated carbocycles. The molecule has 1 heterocycles. The number of nitrogens with one attached hydrogen (secondary N) is 1. The van der Waals surface area contributed by atoms with Gasteiger partial charge in [0.2, 0.25) is 0 Å². The smallest absolute Gasteiger partial charge is 0.130 e. The molecule has 0 unspecified atom stereocenters. The molecule has 0 spiro atoms. The van der Waals surface area contributed by atoms with Crippen molar-refractivity contribution in [3.63, 3.8) is 0 Å². The quantitative estimate of drug-likeness (QED) is 0.516. The summed E-state index contributed by atoms with van der Waals surface area (Å²) in [6.07, 6.45) is 0. The zero-order valence-electron chi connectivity index (χ0n) is 10.1. The summed E-state index contributed by atoms with van der Waals surface area (Å²) >= 11 is 5.19.